The quantitative estimate of drug-likeness (QED) is 0.461. The lowest BCUT2D eigenvalue weighted by atomic mass is 10.7. The summed E-state index contributed by atoms with van der Waals surface area (Å²) in [6.45, 7) is 1.89. The van der Waals surface area contributed by atoms with E-state index in [-0.39, 0.29) is 0 Å². The SMILES string of the molecule is Cc1cnc(OO)s1. The Hall–Kier alpha value is -0.610. The highest BCUT2D eigenvalue weighted by Crippen LogP contribution is 2.17. The highest BCUT2D eigenvalue weighted by molar-refractivity contribution is 7.13. The predicted octanol–water partition coefficient (Wildman–Crippen LogP) is 1.30. The van der Waals surface area contributed by atoms with E-state index in [1.807, 2.05) is 6.92 Å². The maximum absolute atomic E-state index is 8.00. The molecule has 44 valence electrons. The van der Waals surface area contributed by atoms with Gasteiger partial charge in [0.2, 0.25) is 0 Å². The van der Waals surface area contributed by atoms with Gasteiger partial charge in [-0.2, -0.15) is 0 Å². The molecule has 0 saturated carbocycles. The summed E-state index contributed by atoms with van der Waals surface area (Å²) in [6, 6.07) is 0. The molecule has 0 aliphatic heterocycles. The minimum atomic E-state index is 0.294. The van der Waals surface area contributed by atoms with Crippen LogP contribution in [0.5, 0.6) is 5.19 Å². The zero-order chi connectivity index (χ0) is 5.98. The van der Waals surface area contributed by atoms with Gasteiger partial charge in [0, 0.05) is 11.1 Å². The molecular weight excluding hydrogens is 126 g/mol. The van der Waals surface area contributed by atoms with E-state index in [2.05, 4.69) is 9.87 Å². The molecule has 8 heavy (non-hydrogen) atoms. The van der Waals surface area contributed by atoms with Crippen molar-refractivity contribution in [1.29, 1.82) is 0 Å². The van der Waals surface area contributed by atoms with E-state index < -0.39 is 0 Å². The van der Waals surface area contributed by atoms with Crippen molar-refractivity contribution in [3.05, 3.63) is 11.1 Å². The Morgan fingerprint density at radius 3 is 2.88 bits per heavy atom. The molecule has 1 N–H and O–H groups in total. The lowest BCUT2D eigenvalue weighted by Gasteiger charge is -1.81. The van der Waals surface area contributed by atoms with E-state index in [1.54, 1.807) is 6.20 Å². The number of hydrogen-bond acceptors (Lipinski definition) is 4. The molecule has 3 nitrogen and oxygen atoms in total. The largest absolute Gasteiger partial charge is 0.312 e. The number of aryl methyl sites for hydroxylation is 1. The molecule has 1 heterocycles. The molecule has 1 aromatic heterocycles. The lowest BCUT2D eigenvalue weighted by molar-refractivity contribution is -0.137. The summed E-state index contributed by atoms with van der Waals surface area (Å²) in [7, 11) is 0. The summed E-state index contributed by atoms with van der Waals surface area (Å²) >= 11 is 1.30. The third-order valence-corrected chi connectivity index (χ3v) is 1.46. The summed E-state index contributed by atoms with van der Waals surface area (Å²) in [6.07, 6.45) is 1.64. The van der Waals surface area contributed by atoms with Gasteiger partial charge in [-0.15, -0.1) is 0 Å². The molecule has 0 aliphatic carbocycles. The first-order valence-corrected chi connectivity index (χ1v) is 2.88. The topological polar surface area (TPSA) is 42.4 Å². The smallest absolute Gasteiger partial charge is 0.308 e. The Morgan fingerprint density at radius 1 is 1.88 bits per heavy atom. The molecule has 0 atom stereocenters. The Bertz CT molecular complexity index is 174. The molecule has 0 aliphatic rings. The van der Waals surface area contributed by atoms with E-state index >= 15 is 0 Å². The van der Waals surface area contributed by atoms with Crippen molar-refractivity contribution in [2.75, 3.05) is 0 Å². The van der Waals surface area contributed by atoms with Gasteiger partial charge in [-0.1, -0.05) is 11.3 Å². The van der Waals surface area contributed by atoms with Crippen LogP contribution in [0.3, 0.4) is 0 Å². The van der Waals surface area contributed by atoms with Crippen LogP contribution in [-0.4, -0.2) is 10.2 Å². The molecule has 0 amide bonds. The Kier molecular flexibility index (Phi) is 1.45. The first kappa shape index (κ1) is 5.53. The van der Waals surface area contributed by atoms with Crippen molar-refractivity contribution >= 4 is 11.3 Å². The van der Waals surface area contributed by atoms with E-state index in [9.17, 15) is 0 Å². The van der Waals surface area contributed by atoms with E-state index in [1.165, 1.54) is 11.3 Å². The first-order valence-electron chi connectivity index (χ1n) is 2.07. The Morgan fingerprint density at radius 2 is 2.62 bits per heavy atom. The third kappa shape index (κ3) is 0.962. The van der Waals surface area contributed by atoms with Gasteiger partial charge in [-0.3, -0.25) is 0 Å². The second kappa shape index (κ2) is 2.11. The molecule has 0 unspecified atom stereocenters. The zero-order valence-corrected chi connectivity index (χ0v) is 5.10. The monoisotopic (exact) mass is 131 g/mol. The molecule has 1 aromatic rings. The fourth-order valence-electron chi connectivity index (χ4n) is 0.376. The van der Waals surface area contributed by atoms with Crippen molar-refractivity contribution in [2.45, 2.75) is 6.92 Å². The molecule has 0 bridgehead atoms. The van der Waals surface area contributed by atoms with Gasteiger partial charge in [0.05, 0.1) is 0 Å². The maximum atomic E-state index is 8.00. The van der Waals surface area contributed by atoms with Crippen LogP contribution in [0.1, 0.15) is 4.88 Å². The molecule has 0 radical (unpaired) electrons. The maximum Gasteiger partial charge on any atom is 0.312 e. The third-order valence-electron chi connectivity index (χ3n) is 0.678. The van der Waals surface area contributed by atoms with Crippen molar-refractivity contribution < 1.29 is 10.1 Å². The van der Waals surface area contributed by atoms with Crippen LogP contribution < -0.4 is 4.89 Å². The van der Waals surface area contributed by atoms with Crippen molar-refractivity contribution in [3.63, 3.8) is 0 Å². The van der Waals surface area contributed by atoms with Crippen molar-refractivity contribution in [1.82, 2.24) is 4.98 Å². The number of rotatable bonds is 1. The molecule has 0 saturated heterocycles. The average Bonchev–Trinajstić information content (AvgIpc) is 2.14. The van der Waals surface area contributed by atoms with Crippen molar-refractivity contribution in [3.8, 4) is 5.19 Å². The second-order valence-corrected chi connectivity index (χ2v) is 2.53. The second-order valence-electron chi connectivity index (χ2n) is 1.33. The van der Waals surface area contributed by atoms with E-state index in [0.29, 0.717) is 5.19 Å². The van der Waals surface area contributed by atoms with Crippen LogP contribution >= 0.6 is 11.3 Å². The van der Waals surface area contributed by atoms with Crippen LogP contribution in [0.15, 0.2) is 6.20 Å². The summed E-state index contributed by atoms with van der Waals surface area (Å²) in [5.74, 6) is 0. The summed E-state index contributed by atoms with van der Waals surface area (Å²) in [5.41, 5.74) is 0. The number of thiazole rings is 1. The van der Waals surface area contributed by atoms with Gasteiger partial charge in [-0.05, 0) is 6.92 Å². The average molecular weight is 131 g/mol. The normalized spacial score (nSPS) is 9.25. The fraction of sp³-hybridized carbons (Fsp3) is 0.250. The highest BCUT2D eigenvalue weighted by Gasteiger charge is 1.94. The van der Waals surface area contributed by atoms with Crippen molar-refractivity contribution in [2.24, 2.45) is 0 Å². The first-order chi connectivity index (χ1) is 3.83. The van der Waals surface area contributed by atoms with E-state index in [4.69, 9.17) is 5.26 Å². The molecule has 1 rings (SSSR count). The summed E-state index contributed by atoms with van der Waals surface area (Å²) in [4.78, 5) is 8.55. The fourth-order valence-corrected chi connectivity index (χ4v) is 0.900. The van der Waals surface area contributed by atoms with Gasteiger partial charge in [-0.25, -0.2) is 10.2 Å². The predicted molar refractivity (Wildman–Crippen MR) is 30.1 cm³/mol. The van der Waals surface area contributed by atoms with Gasteiger partial charge in [0.1, 0.15) is 0 Å². The van der Waals surface area contributed by atoms with Crippen LogP contribution in [0, 0.1) is 6.92 Å². The number of aromatic nitrogens is 1. The van der Waals surface area contributed by atoms with Crippen LogP contribution in [-0.2, 0) is 0 Å². The highest BCUT2D eigenvalue weighted by atomic mass is 32.1. The molecule has 0 fully saturated rings. The van der Waals surface area contributed by atoms with Gasteiger partial charge < -0.3 is 4.89 Å². The lowest BCUT2D eigenvalue weighted by Crippen LogP contribution is -1.78. The van der Waals surface area contributed by atoms with Gasteiger partial charge in [0.15, 0.2) is 0 Å². The van der Waals surface area contributed by atoms with Gasteiger partial charge >= 0.3 is 5.19 Å². The van der Waals surface area contributed by atoms with E-state index in [0.717, 1.165) is 4.88 Å². The van der Waals surface area contributed by atoms with Crippen LogP contribution in [0.25, 0.3) is 0 Å². The molecule has 0 spiro atoms. The Labute approximate surface area is 50.5 Å². The van der Waals surface area contributed by atoms with Gasteiger partial charge in [0.25, 0.3) is 0 Å². The number of nitrogens with zero attached hydrogens (tertiary/aromatic N) is 1. The minimum Gasteiger partial charge on any atom is -0.308 e. The Balaban J connectivity index is 2.84. The minimum absolute atomic E-state index is 0.294. The standard InChI is InChI=1S/C4H5NO2S/c1-3-2-5-4(7-6)8-3/h2,6H,1H3. The molecule has 4 heteroatoms. The zero-order valence-electron chi connectivity index (χ0n) is 4.29. The molecule has 0 aromatic carbocycles. The number of hydrogen-bond donors (Lipinski definition) is 1. The summed E-state index contributed by atoms with van der Waals surface area (Å²) < 4.78 is 0. The van der Waals surface area contributed by atoms with Crippen LogP contribution in [0.2, 0.25) is 0 Å². The summed E-state index contributed by atoms with van der Waals surface area (Å²) in [5, 5.41) is 8.29. The van der Waals surface area contributed by atoms with Crippen LogP contribution in [0.4, 0.5) is 0 Å². The molecular formula is C4H5NO2S.